The van der Waals surface area contributed by atoms with Crippen LogP contribution < -0.4 is 0 Å². The van der Waals surface area contributed by atoms with E-state index in [0.29, 0.717) is 13.0 Å². The molecule has 1 atom stereocenters. The highest BCUT2D eigenvalue weighted by Gasteiger charge is 1.99. The van der Waals surface area contributed by atoms with E-state index in [0.717, 1.165) is 19.3 Å². The van der Waals surface area contributed by atoms with Gasteiger partial charge in [0.25, 0.3) is 0 Å². The maximum absolute atomic E-state index is 10.7. The average Bonchev–Trinajstić information content (AvgIpc) is 2.04. The minimum atomic E-state index is -0.821. The fourth-order valence-electron chi connectivity index (χ4n) is 0.723. The van der Waals surface area contributed by atoms with Gasteiger partial charge < -0.3 is 4.74 Å². The minimum absolute atomic E-state index is 0.557. The highest BCUT2D eigenvalue weighted by Crippen LogP contribution is 1.99. The van der Waals surface area contributed by atoms with Gasteiger partial charge in [0.1, 0.15) is 0 Å². The van der Waals surface area contributed by atoms with Gasteiger partial charge in [0.05, 0.1) is 0 Å². The molecule has 0 saturated carbocycles. The van der Waals surface area contributed by atoms with Crippen LogP contribution in [0.1, 0.15) is 32.6 Å². The summed E-state index contributed by atoms with van der Waals surface area (Å²) in [6.45, 7) is 6.03. The molecule has 0 amide bonds. The second kappa shape index (κ2) is 7.76. The van der Waals surface area contributed by atoms with Crippen molar-refractivity contribution in [1.29, 1.82) is 0 Å². The molecule has 11 heavy (non-hydrogen) atoms. The predicted octanol–water partition coefficient (Wildman–Crippen LogP) is 2.53. The Balaban J connectivity index is 2.95. The molecule has 0 N–H and O–H groups in total. The molecule has 0 saturated heterocycles. The minimum Gasteiger partial charge on any atom is -0.350 e. The van der Waals surface area contributed by atoms with Crippen LogP contribution in [0.5, 0.6) is 0 Å². The van der Waals surface area contributed by atoms with E-state index < -0.39 is 6.29 Å². The van der Waals surface area contributed by atoms with E-state index in [2.05, 4.69) is 6.58 Å². The Hall–Kier alpha value is -0.340. The van der Waals surface area contributed by atoms with Gasteiger partial charge in [-0.1, -0.05) is 13.0 Å². The molecule has 0 heterocycles. The summed E-state index contributed by atoms with van der Waals surface area (Å²) in [6.07, 6.45) is 4.67. The molecule has 65 valence electrons. The van der Waals surface area contributed by atoms with Crippen LogP contribution >= 0.6 is 0 Å². The third-order valence-electron chi connectivity index (χ3n) is 1.44. The van der Waals surface area contributed by atoms with Crippen molar-refractivity contribution in [3.63, 3.8) is 0 Å². The summed E-state index contributed by atoms with van der Waals surface area (Å²) in [7, 11) is 0. The summed E-state index contributed by atoms with van der Waals surface area (Å²) in [5.74, 6) is 0. The molecule has 0 aliphatic heterocycles. The van der Waals surface area contributed by atoms with E-state index in [-0.39, 0.29) is 0 Å². The lowest BCUT2D eigenvalue weighted by Gasteiger charge is -2.05. The fourth-order valence-corrected chi connectivity index (χ4v) is 0.723. The van der Waals surface area contributed by atoms with Crippen molar-refractivity contribution in [1.82, 2.24) is 0 Å². The zero-order valence-corrected chi connectivity index (χ0v) is 7.21. The van der Waals surface area contributed by atoms with Crippen LogP contribution in [0, 0.1) is 0 Å². The Morgan fingerprint density at radius 2 is 2.27 bits per heavy atom. The number of rotatable bonds is 7. The molecule has 0 bridgehead atoms. The highest BCUT2D eigenvalue weighted by atomic mass is 16.6. The van der Waals surface area contributed by atoms with Gasteiger partial charge in [-0.2, -0.15) is 0 Å². The predicted molar refractivity (Wildman–Crippen MR) is 44.8 cm³/mol. The van der Waals surface area contributed by atoms with Gasteiger partial charge in [-0.15, -0.1) is 6.58 Å². The van der Waals surface area contributed by atoms with Gasteiger partial charge in [0.2, 0.25) is 0 Å². The number of hydrogen-bond acceptors (Lipinski definition) is 1. The van der Waals surface area contributed by atoms with Gasteiger partial charge >= 0.3 is 0 Å². The first-order valence-corrected chi connectivity index (χ1v) is 4.19. The Kier molecular flexibility index (Phi) is 7.52. The standard InChI is InChI=1S/C9H17O2/c1-3-5-6-7-8-11-9(10)4-2/h3,9H,1,4-8H2,2H3. The largest absolute Gasteiger partial charge is 0.350 e. The normalized spacial score (nSPS) is 12.9. The Morgan fingerprint density at radius 1 is 1.55 bits per heavy atom. The molecule has 0 aromatic heterocycles. The van der Waals surface area contributed by atoms with Crippen LogP contribution in [0.4, 0.5) is 0 Å². The molecule has 2 heteroatoms. The van der Waals surface area contributed by atoms with Crippen LogP contribution in [0.15, 0.2) is 12.7 Å². The highest BCUT2D eigenvalue weighted by molar-refractivity contribution is 4.65. The summed E-state index contributed by atoms with van der Waals surface area (Å²) < 4.78 is 4.95. The Morgan fingerprint density at radius 3 is 2.82 bits per heavy atom. The number of ether oxygens (including phenoxy) is 1. The van der Waals surface area contributed by atoms with Crippen molar-refractivity contribution in [2.24, 2.45) is 0 Å². The molecule has 0 spiro atoms. The summed E-state index contributed by atoms with van der Waals surface area (Å²) in [6, 6.07) is 0. The molecule has 0 aliphatic carbocycles. The molecule has 0 rings (SSSR count). The third-order valence-corrected chi connectivity index (χ3v) is 1.44. The molecule has 0 aliphatic rings. The van der Waals surface area contributed by atoms with E-state index in [9.17, 15) is 5.11 Å². The quantitative estimate of drug-likeness (QED) is 0.317. The van der Waals surface area contributed by atoms with Crippen molar-refractivity contribution in [2.75, 3.05) is 6.61 Å². The van der Waals surface area contributed by atoms with Gasteiger partial charge in [0, 0.05) is 6.61 Å². The van der Waals surface area contributed by atoms with Gasteiger partial charge in [0.15, 0.2) is 6.29 Å². The lowest BCUT2D eigenvalue weighted by Crippen LogP contribution is -2.09. The van der Waals surface area contributed by atoms with E-state index in [1.807, 2.05) is 13.0 Å². The van der Waals surface area contributed by atoms with E-state index >= 15 is 0 Å². The maximum Gasteiger partial charge on any atom is 0.191 e. The molecule has 1 radical (unpaired) electrons. The Labute approximate surface area is 68.9 Å². The van der Waals surface area contributed by atoms with Crippen molar-refractivity contribution in [3.05, 3.63) is 12.7 Å². The molecule has 1 unspecified atom stereocenters. The zero-order valence-electron chi connectivity index (χ0n) is 7.21. The van der Waals surface area contributed by atoms with Crippen molar-refractivity contribution < 1.29 is 9.84 Å². The molecular weight excluding hydrogens is 140 g/mol. The first-order valence-electron chi connectivity index (χ1n) is 4.19. The summed E-state index contributed by atoms with van der Waals surface area (Å²) in [5.41, 5.74) is 0. The molecular formula is C9H17O2. The molecule has 0 aromatic carbocycles. The second-order valence-corrected chi connectivity index (χ2v) is 2.49. The number of allylic oxidation sites excluding steroid dienone is 1. The van der Waals surface area contributed by atoms with Crippen LogP contribution in [0.3, 0.4) is 0 Å². The number of hydrogen-bond donors (Lipinski definition) is 0. The fraction of sp³-hybridized carbons (Fsp3) is 0.778. The topological polar surface area (TPSA) is 29.1 Å². The summed E-state index contributed by atoms with van der Waals surface area (Å²) >= 11 is 0. The molecule has 2 nitrogen and oxygen atoms in total. The third kappa shape index (κ3) is 7.56. The smallest absolute Gasteiger partial charge is 0.191 e. The average molecular weight is 157 g/mol. The molecule has 0 fully saturated rings. The maximum atomic E-state index is 10.7. The van der Waals surface area contributed by atoms with Crippen LogP contribution in [0.25, 0.3) is 0 Å². The van der Waals surface area contributed by atoms with Crippen LogP contribution in [0.2, 0.25) is 0 Å². The zero-order chi connectivity index (χ0) is 8.53. The van der Waals surface area contributed by atoms with Gasteiger partial charge in [-0.3, -0.25) is 0 Å². The van der Waals surface area contributed by atoms with Crippen molar-refractivity contribution in [3.8, 4) is 0 Å². The first kappa shape index (κ1) is 10.7. The van der Waals surface area contributed by atoms with E-state index in [1.165, 1.54) is 0 Å². The van der Waals surface area contributed by atoms with Crippen molar-refractivity contribution in [2.45, 2.75) is 38.9 Å². The number of unbranched alkanes of at least 4 members (excludes halogenated alkanes) is 2. The second-order valence-electron chi connectivity index (χ2n) is 2.49. The van der Waals surface area contributed by atoms with E-state index in [4.69, 9.17) is 4.74 Å². The monoisotopic (exact) mass is 157 g/mol. The van der Waals surface area contributed by atoms with Gasteiger partial charge in [-0.05, 0) is 25.7 Å². The van der Waals surface area contributed by atoms with Crippen LogP contribution in [-0.2, 0) is 9.84 Å². The SMILES string of the molecule is C=CCCCCOC([O])CC. The van der Waals surface area contributed by atoms with Crippen LogP contribution in [-0.4, -0.2) is 12.9 Å². The first-order chi connectivity index (χ1) is 5.31. The Bertz CT molecular complexity index is 91.6. The van der Waals surface area contributed by atoms with E-state index in [1.54, 1.807) is 0 Å². The van der Waals surface area contributed by atoms with Gasteiger partial charge in [-0.25, -0.2) is 5.11 Å². The lowest BCUT2D eigenvalue weighted by atomic mass is 10.2. The van der Waals surface area contributed by atoms with Crippen molar-refractivity contribution >= 4 is 0 Å². The summed E-state index contributed by atoms with van der Waals surface area (Å²) in [4.78, 5) is 0. The summed E-state index contributed by atoms with van der Waals surface area (Å²) in [5, 5.41) is 10.7. The lowest BCUT2D eigenvalue weighted by molar-refractivity contribution is -0.141. The molecule has 0 aromatic rings.